The lowest BCUT2D eigenvalue weighted by Gasteiger charge is -2.29. The van der Waals surface area contributed by atoms with Gasteiger partial charge in [0.15, 0.2) is 0 Å². The number of nitrogen functional groups attached to an aromatic ring is 1. The summed E-state index contributed by atoms with van der Waals surface area (Å²) >= 11 is 0. The highest BCUT2D eigenvalue weighted by atomic mass is 16.5. The first-order chi connectivity index (χ1) is 8.19. The van der Waals surface area contributed by atoms with Gasteiger partial charge in [-0.2, -0.15) is 0 Å². The van der Waals surface area contributed by atoms with Crippen molar-refractivity contribution in [2.45, 2.75) is 38.7 Å². The van der Waals surface area contributed by atoms with E-state index in [1.165, 1.54) is 19.3 Å². The van der Waals surface area contributed by atoms with Crippen LogP contribution in [0.2, 0.25) is 0 Å². The maximum Gasteiger partial charge on any atom is 0.125 e. The second-order valence-corrected chi connectivity index (χ2v) is 4.86. The van der Waals surface area contributed by atoms with Gasteiger partial charge in [0.1, 0.15) is 17.6 Å². The Hall–Kier alpha value is -1.38. The Kier molecular flexibility index (Phi) is 3.77. The molecule has 2 rings (SSSR count). The van der Waals surface area contributed by atoms with Gasteiger partial charge in [0.2, 0.25) is 0 Å². The van der Waals surface area contributed by atoms with Gasteiger partial charge in [-0.3, -0.25) is 0 Å². The Morgan fingerprint density at radius 3 is 2.53 bits per heavy atom. The van der Waals surface area contributed by atoms with Crippen LogP contribution in [-0.4, -0.2) is 13.2 Å². The van der Waals surface area contributed by atoms with Crippen LogP contribution in [0.1, 0.15) is 32.6 Å². The van der Waals surface area contributed by atoms with Crippen LogP contribution in [0.5, 0.6) is 11.5 Å². The van der Waals surface area contributed by atoms with E-state index < -0.39 is 0 Å². The Morgan fingerprint density at radius 2 is 1.82 bits per heavy atom. The van der Waals surface area contributed by atoms with Crippen LogP contribution in [0.4, 0.5) is 5.69 Å². The molecule has 1 fully saturated rings. The molecule has 0 radical (unpaired) electrons. The number of rotatable bonds is 3. The molecule has 2 atom stereocenters. The fraction of sp³-hybridized carbons (Fsp3) is 0.571. The lowest BCUT2D eigenvalue weighted by Crippen LogP contribution is -2.28. The zero-order chi connectivity index (χ0) is 12.3. The lowest BCUT2D eigenvalue weighted by molar-refractivity contribution is 0.102. The molecule has 3 nitrogen and oxygen atoms in total. The van der Waals surface area contributed by atoms with Crippen molar-refractivity contribution in [2.75, 3.05) is 12.8 Å². The molecule has 3 heteroatoms. The zero-order valence-electron chi connectivity index (χ0n) is 10.6. The average Bonchev–Trinajstić information content (AvgIpc) is 2.31. The molecule has 17 heavy (non-hydrogen) atoms. The smallest absolute Gasteiger partial charge is 0.125 e. The van der Waals surface area contributed by atoms with Gasteiger partial charge in [-0.15, -0.1) is 0 Å². The van der Waals surface area contributed by atoms with Gasteiger partial charge in [0.25, 0.3) is 0 Å². The monoisotopic (exact) mass is 235 g/mol. The summed E-state index contributed by atoms with van der Waals surface area (Å²) in [5.41, 5.74) is 6.50. The van der Waals surface area contributed by atoms with E-state index in [9.17, 15) is 0 Å². The largest absolute Gasteiger partial charge is 0.497 e. The summed E-state index contributed by atoms with van der Waals surface area (Å²) in [6, 6.07) is 5.57. The van der Waals surface area contributed by atoms with Gasteiger partial charge in [0.05, 0.1) is 7.11 Å². The molecule has 0 saturated heterocycles. The van der Waals surface area contributed by atoms with Crippen LogP contribution >= 0.6 is 0 Å². The van der Waals surface area contributed by atoms with Gasteiger partial charge in [0, 0.05) is 23.9 Å². The van der Waals surface area contributed by atoms with E-state index in [0.29, 0.717) is 17.7 Å². The molecule has 1 aliphatic carbocycles. The van der Waals surface area contributed by atoms with Gasteiger partial charge in [-0.1, -0.05) is 13.3 Å². The Balaban J connectivity index is 2.09. The number of methoxy groups -OCH3 is 1. The average molecular weight is 235 g/mol. The minimum Gasteiger partial charge on any atom is -0.497 e. The summed E-state index contributed by atoms with van der Waals surface area (Å²) in [7, 11) is 1.64. The van der Waals surface area contributed by atoms with Crippen LogP contribution in [0.25, 0.3) is 0 Å². The van der Waals surface area contributed by atoms with Crippen LogP contribution in [0.15, 0.2) is 18.2 Å². The number of benzene rings is 1. The fourth-order valence-corrected chi connectivity index (χ4v) is 2.41. The minimum absolute atomic E-state index is 0.315. The summed E-state index contributed by atoms with van der Waals surface area (Å²) in [6.07, 6.45) is 5.29. The molecule has 0 aliphatic heterocycles. The van der Waals surface area contributed by atoms with E-state index in [0.717, 1.165) is 17.9 Å². The second-order valence-electron chi connectivity index (χ2n) is 4.86. The topological polar surface area (TPSA) is 44.5 Å². The summed E-state index contributed by atoms with van der Waals surface area (Å²) in [5, 5.41) is 0. The van der Waals surface area contributed by atoms with Crippen molar-refractivity contribution in [2.24, 2.45) is 5.92 Å². The SMILES string of the molecule is COc1cc(N)cc(OC2CCCCC2C)c1. The van der Waals surface area contributed by atoms with Crippen LogP contribution in [-0.2, 0) is 0 Å². The normalized spacial score (nSPS) is 24.4. The van der Waals surface area contributed by atoms with E-state index >= 15 is 0 Å². The minimum atomic E-state index is 0.315. The Labute approximate surface area is 103 Å². The second kappa shape index (κ2) is 5.30. The highest BCUT2D eigenvalue weighted by Crippen LogP contribution is 2.30. The highest BCUT2D eigenvalue weighted by Gasteiger charge is 2.23. The van der Waals surface area contributed by atoms with Gasteiger partial charge < -0.3 is 15.2 Å². The summed E-state index contributed by atoms with van der Waals surface area (Å²) in [5.74, 6) is 2.19. The molecule has 0 amide bonds. The number of ether oxygens (including phenoxy) is 2. The number of anilines is 1. The fourth-order valence-electron chi connectivity index (χ4n) is 2.41. The van der Waals surface area contributed by atoms with E-state index in [2.05, 4.69) is 6.92 Å². The van der Waals surface area contributed by atoms with Crippen LogP contribution < -0.4 is 15.2 Å². The number of hydrogen-bond acceptors (Lipinski definition) is 3. The molecule has 1 aromatic carbocycles. The van der Waals surface area contributed by atoms with E-state index in [-0.39, 0.29) is 0 Å². The lowest BCUT2D eigenvalue weighted by atomic mass is 9.88. The van der Waals surface area contributed by atoms with Crippen LogP contribution in [0.3, 0.4) is 0 Å². The molecular weight excluding hydrogens is 214 g/mol. The first kappa shape index (κ1) is 12.1. The van der Waals surface area contributed by atoms with Gasteiger partial charge in [-0.25, -0.2) is 0 Å². The van der Waals surface area contributed by atoms with Crippen molar-refractivity contribution in [1.29, 1.82) is 0 Å². The Morgan fingerprint density at radius 1 is 1.12 bits per heavy atom. The Bertz CT molecular complexity index is 378. The molecule has 0 spiro atoms. The molecule has 94 valence electrons. The standard InChI is InChI=1S/C14H21NO2/c1-10-5-3-4-6-14(10)17-13-8-11(15)7-12(9-13)16-2/h7-10,14H,3-6,15H2,1-2H3. The number of hydrogen-bond donors (Lipinski definition) is 1. The molecule has 2 unspecified atom stereocenters. The first-order valence-corrected chi connectivity index (χ1v) is 6.30. The van der Waals surface area contributed by atoms with Crippen molar-refractivity contribution in [3.8, 4) is 11.5 Å². The quantitative estimate of drug-likeness (QED) is 0.818. The summed E-state index contributed by atoms with van der Waals surface area (Å²) in [6.45, 7) is 2.26. The van der Waals surface area contributed by atoms with Crippen LogP contribution in [0, 0.1) is 5.92 Å². The molecular formula is C14H21NO2. The third kappa shape index (κ3) is 3.05. The third-order valence-corrected chi connectivity index (χ3v) is 3.46. The molecule has 1 saturated carbocycles. The molecule has 0 heterocycles. The maximum atomic E-state index is 6.03. The molecule has 0 bridgehead atoms. The van der Waals surface area contributed by atoms with Crippen molar-refractivity contribution in [1.82, 2.24) is 0 Å². The molecule has 1 aliphatic rings. The first-order valence-electron chi connectivity index (χ1n) is 6.30. The third-order valence-electron chi connectivity index (χ3n) is 3.46. The van der Waals surface area contributed by atoms with Crippen molar-refractivity contribution >= 4 is 5.69 Å². The summed E-state index contributed by atoms with van der Waals surface area (Å²) in [4.78, 5) is 0. The maximum absolute atomic E-state index is 6.03. The van der Waals surface area contributed by atoms with E-state index in [1.807, 2.05) is 12.1 Å². The van der Waals surface area contributed by atoms with Crippen molar-refractivity contribution < 1.29 is 9.47 Å². The zero-order valence-corrected chi connectivity index (χ0v) is 10.6. The predicted octanol–water partition coefficient (Wildman–Crippen LogP) is 3.23. The molecule has 2 N–H and O–H groups in total. The van der Waals surface area contributed by atoms with E-state index in [4.69, 9.17) is 15.2 Å². The number of nitrogens with two attached hydrogens (primary N) is 1. The molecule has 1 aromatic rings. The van der Waals surface area contributed by atoms with Crippen molar-refractivity contribution in [3.63, 3.8) is 0 Å². The van der Waals surface area contributed by atoms with Gasteiger partial charge in [-0.05, 0) is 25.2 Å². The van der Waals surface area contributed by atoms with Crippen molar-refractivity contribution in [3.05, 3.63) is 18.2 Å². The predicted molar refractivity (Wildman–Crippen MR) is 69.5 cm³/mol. The van der Waals surface area contributed by atoms with E-state index in [1.54, 1.807) is 13.2 Å². The summed E-state index contributed by atoms with van der Waals surface area (Å²) < 4.78 is 11.2. The highest BCUT2D eigenvalue weighted by molar-refractivity contribution is 5.50. The van der Waals surface area contributed by atoms with Gasteiger partial charge >= 0.3 is 0 Å². The molecule has 0 aromatic heterocycles.